The molecule has 2 heterocycles. The topological polar surface area (TPSA) is 35.9 Å². The fraction of sp³-hybridized carbons (Fsp3) is 0.579. The number of nitrogens with zero attached hydrogens (tertiary/aromatic N) is 3. The molecular formula is C19H25N3OS. The molecule has 0 spiro atoms. The van der Waals surface area contributed by atoms with Crippen LogP contribution >= 0.6 is 11.8 Å². The molecule has 2 unspecified atom stereocenters. The van der Waals surface area contributed by atoms with Gasteiger partial charge in [-0.3, -0.25) is 9.79 Å². The van der Waals surface area contributed by atoms with Crippen LogP contribution in [0.5, 0.6) is 0 Å². The van der Waals surface area contributed by atoms with Crippen LogP contribution in [0.3, 0.4) is 0 Å². The molecule has 1 saturated heterocycles. The molecule has 0 bridgehead atoms. The SMILES string of the molecule is CC1(C)CN=C(N2CCN(C(=O)C3CC3c3ccccc3)CC2)S1. The Labute approximate surface area is 148 Å². The molecular weight excluding hydrogens is 318 g/mol. The van der Waals surface area contributed by atoms with Gasteiger partial charge in [0.2, 0.25) is 5.91 Å². The van der Waals surface area contributed by atoms with E-state index in [1.807, 2.05) is 17.8 Å². The van der Waals surface area contributed by atoms with Gasteiger partial charge in [0, 0.05) is 36.8 Å². The summed E-state index contributed by atoms with van der Waals surface area (Å²) in [6.45, 7) is 8.86. The van der Waals surface area contributed by atoms with Gasteiger partial charge in [-0.2, -0.15) is 0 Å². The Morgan fingerprint density at radius 2 is 1.88 bits per heavy atom. The molecule has 4 rings (SSSR count). The third kappa shape index (κ3) is 3.18. The van der Waals surface area contributed by atoms with Gasteiger partial charge in [-0.15, -0.1) is 0 Å². The molecule has 1 aromatic carbocycles. The lowest BCUT2D eigenvalue weighted by Gasteiger charge is -2.36. The van der Waals surface area contributed by atoms with E-state index in [0.717, 1.165) is 39.1 Å². The lowest BCUT2D eigenvalue weighted by molar-refractivity contribution is -0.133. The molecule has 4 nitrogen and oxygen atoms in total. The highest BCUT2D eigenvalue weighted by Gasteiger charge is 2.46. The van der Waals surface area contributed by atoms with Gasteiger partial charge in [0.25, 0.3) is 0 Å². The van der Waals surface area contributed by atoms with Crippen LogP contribution in [0.4, 0.5) is 0 Å². The van der Waals surface area contributed by atoms with Crippen molar-refractivity contribution in [2.24, 2.45) is 10.9 Å². The summed E-state index contributed by atoms with van der Waals surface area (Å²) in [6.07, 6.45) is 1.01. The average Bonchev–Trinajstić information content (AvgIpc) is 3.32. The third-order valence-corrected chi connectivity index (χ3v) is 6.41. The van der Waals surface area contributed by atoms with Gasteiger partial charge in [0.1, 0.15) is 0 Å². The van der Waals surface area contributed by atoms with Crippen molar-refractivity contribution >= 4 is 22.8 Å². The summed E-state index contributed by atoms with van der Waals surface area (Å²) in [5.41, 5.74) is 1.31. The van der Waals surface area contributed by atoms with Crippen molar-refractivity contribution in [3.8, 4) is 0 Å². The molecule has 1 saturated carbocycles. The average molecular weight is 343 g/mol. The molecule has 1 amide bonds. The number of benzene rings is 1. The predicted molar refractivity (Wildman–Crippen MR) is 99.4 cm³/mol. The van der Waals surface area contributed by atoms with Gasteiger partial charge in [0.05, 0.1) is 6.54 Å². The highest BCUT2D eigenvalue weighted by molar-refractivity contribution is 8.15. The maximum atomic E-state index is 12.7. The lowest BCUT2D eigenvalue weighted by atomic mass is 10.1. The van der Waals surface area contributed by atoms with E-state index in [9.17, 15) is 4.79 Å². The largest absolute Gasteiger partial charge is 0.348 e. The van der Waals surface area contributed by atoms with Crippen LogP contribution < -0.4 is 0 Å². The molecule has 0 radical (unpaired) electrons. The van der Waals surface area contributed by atoms with E-state index in [2.05, 4.69) is 52.9 Å². The molecule has 2 fully saturated rings. The lowest BCUT2D eigenvalue weighted by Crippen LogP contribution is -2.50. The van der Waals surface area contributed by atoms with Crippen LogP contribution in [0.1, 0.15) is 31.7 Å². The van der Waals surface area contributed by atoms with Gasteiger partial charge < -0.3 is 9.80 Å². The third-order valence-electron chi connectivity index (χ3n) is 5.16. The van der Waals surface area contributed by atoms with E-state index < -0.39 is 0 Å². The number of hydrogen-bond acceptors (Lipinski definition) is 4. The van der Waals surface area contributed by atoms with Crippen molar-refractivity contribution in [2.45, 2.75) is 30.9 Å². The molecule has 0 aromatic heterocycles. The highest BCUT2D eigenvalue weighted by atomic mass is 32.2. The smallest absolute Gasteiger partial charge is 0.226 e. The second-order valence-electron chi connectivity index (χ2n) is 7.63. The van der Waals surface area contributed by atoms with Crippen LogP contribution in [0.25, 0.3) is 0 Å². The Bertz CT molecular complexity index is 650. The molecule has 0 N–H and O–H groups in total. The summed E-state index contributed by atoms with van der Waals surface area (Å²) in [5, 5.41) is 1.17. The van der Waals surface area contributed by atoms with Crippen molar-refractivity contribution in [1.29, 1.82) is 0 Å². The van der Waals surface area contributed by atoms with Crippen LogP contribution in [0, 0.1) is 5.92 Å². The van der Waals surface area contributed by atoms with Crippen molar-refractivity contribution < 1.29 is 4.79 Å². The number of thioether (sulfide) groups is 1. The number of carbonyl (C=O) groups excluding carboxylic acids is 1. The van der Waals surface area contributed by atoms with Crippen molar-refractivity contribution in [3.63, 3.8) is 0 Å². The number of aliphatic imine (C=N–C) groups is 1. The number of rotatable bonds is 2. The number of amides is 1. The Hall–Kier alpha value is -1.49. The standard InChI is InChI=1S/C19H25N3OS/c1-19(2)13-20-18(24-19)22-10-8-21(9-11-22)17(23)16-12-15(16)14-6-4-3-5-7-14/h3-7,15-16H,8-13H2,1-2H3. The summed E-state index contributed by atoms with van der Waals surface area (Å²) in [5.74, 6) is 0.994. The quantitative estimate of drug-likeness (QED) is 0.828. The minimum atomic E-state index is 0.205. The minimum Gasteiger partial charge on any atom is -0.348 e. The number of carbonyl (C=O) groups is 1. The van der Waals surface area contributed by atoms with Gasteiger partial charge in [-0.1, -0.05) is 42.1 Å². The minimum absolute atomic E-state index is 0.205. The van der Waals surface area contributed by atoms with Crippen molar-refractivity contribution in [2.75, 3.05) is 32.7 Å². The Balaban J connectivity index is 1.30. The summed E-state index contributed by atoms with van der Waals surface area (Å²) >= 11 is 1.87. The van der Waals surface area contributed by atoms with Gasteiger partial charge in [-0.25, -0.2) is 0 Å². The van der Waals surface area contributed by atoms with Crippen molar-refractivity contribution in [3.05, 3.63) is 35.9 Å². The predicted octanol–water partition coefficient (Wildman–Crippen LogP) is 2.82. The molecule has 2 aliphatic heterocycles. The maximum Gasteiger partial charge on any atom is 0.226 e. The van der Waals surface area contributed by atoms with Crippen LogP contribution in [0.15, 0.2) is 35.3 Å². The first-order valence-corrected chi connectivity index (χ1v) is 9.67. The van der Waals surface area contributed by atoms with Crippen LogP contribution in [-0.4, -0.2) is 58.3 Å². The molecule has 3 aliphatic rings. The van der Waals surface area contributed by atoms with E-state index in [4.69, 9.17) is 0 Å². The molecule has 128 valence electrons. The molecule has 1 aromatic rings. The van der Waals surface area contributed by atoms with Crippen LogP contribution in [0.2, 0.25) is 0 Å². The van der Waals surface area contributed by atoms with Crippen LogP contribution in [-0.2, 0) is 4.79 Å². The Morgan fingerprint density at radius 3 is 2.50 bits per heavy atom. The summed E-state index contributed by atoms with van der Waals surface area (Å²) in [6, 6.07) is 10.5. The van der Waals surface area contributed by atoms with E-state index in [1.54, 1.807) is 0 Å². The Morgan fingerprint density at radius 1 is 1.17 bits per heavy atom. The first-order chi connectivity index (χ1) is 11.5. The molecule has 1 aliphatic carbocycles. The van der Waals surface area contributed by atoms with Gasteiger partial charge in [-0.05, 0) is 31.7 Å². The fourth-order valence-corrected chi connectivity index (χ4v) is 4.69. The van der Waals surface area contributed by atoms with E-state index in [1.165, 1.54) is 10.7 Å². The number of hydrogen-bond donors (Lipinski definition) is 0. The van der Waals surface area contributed by atoms with E-state index >= 15 is 0 Å². The summed E-state index contributed by atoms with van der Waals surface area (Å²) in [7, 11) is 0. The first-order valence-electron chi connectivity index (χ1n) is 8.86. The summed E-state index contributed by atoms with van der Waals surface area (Å²) < 4.78 is 0.221. The number of piperazine rings is 1. The molecule has 2 atom stereocenters. The normalized spacial score (nSPS) is 28.7. The monoisotopic (exact) mass is 343 g/mol. The van der Waals surface area contributed by atoms with E-state index in [0.29, 0.717) is 11.8 Å². The second-order valence-corrected chi connectivity index (χ2v) is 9.31. The molecule has 5 heteroatoms. The first kappa shape index (κ1) is 16.0. The van der Waals surface area contributed by atoms with Gasteiger partial charge >= 0.3 is 0 Å². The van der Waals surface area contributed by atoms with Gasteiger partial charge in [0.15, 0.2) is 5.17 Å². The summed E-state index contributed by atoms with van der Waals surface area (Å²) in [4.78, 5) is 21.8. The maximum absolute atomic E-state index is 12.7. The highest BCUT2D eigenvalue weighted by Crippen LogP contribution is 2.48. The zero-order valence-corrected chi connectivity index (χ0v) is 15.3. The molecule has 24 heavy (non-hydrogen) atoms. The Kier molecular flexibility index (Phi) is 4.07. The number of amidine groups is 1. The fourth-order valence-electron chi connectivity index (χ4n) is 3.62. The van der Waals surface area contributed by atoms with Crippen molar-refractivity contribution in [1.82, 2.24) is 9.80 Å². The zero-order valence-electron chi connectivity index (χ0n) is 14.4. The van der Waals surface area contributed by atoms with E-state index in [-0.39, 0.29) is 10.7 Å². The zero-order chi connectivity index (χ0) is 16.7. The second kappa shape index (κ2) is 6.10.